The predicted molar refractivity (Wildman–Crippen MR) is 61.7 cm³/mol. The minimum atomic E-state index is -4.37. The smallest absolute Gasteiger partial charge is 0.329 e. The summed E-state index contributed by atoms with van der Waals surface area (Å²) < 4.78 is 34.0. The molecule has 0 aliphatic carbocycles. The van der Waals surface area contributed by atoms with E-state index in [1.165, 1.54) is 12.1 Å². The van der Waals surface area contributed by atoms with Crippen LogP contribution in [0.3, 0.4) is 0 Å². The van der Waals surface area contributed by atoms with Crippen molar-refractivity contribution in [3.05, 3.63) is 23.2 Å². The number of hydrogen-bond acceptors (Lipinski definition) is 4. The van der Waals surface area contributed by atoms with Crippen molar-refractivity contribution in [2.45, 2.75) is 0 Å². The average Bonchev–Trinajstić information content (AvgIpc) is 2.06. The van der Waals surface area contributed by atoms with Crippen molar-refractivity contribution >= 4 is 41.0 Å². The van der Waals surface area contributed by atoms with E-state index in [4.69, 9.17) is 20.9 Å². The van der Waals surface area contributed by atoms with Crippen LogP contribution < -0.4 is 10.2 Å². The Labute approximate surface area is 98.5 Å². The molecule has 1 aromatic carbocycles. The quantitative estimate of drug-likeness (QED) is 0.340. The Morgan fingerprint density at radius 2 is 2.12 bits per heavy atom. The molecule has 0 unspecified atom stereocenters. The summed E-state index contributed by atoms with van der Waals surface area (Å²) in [4.78, 5) is 11.1. The standard InChI is InChI=1S/C8H8BClO5S/c9-6-3-5(10)1-2-7(6)15-8(11)4-16(12,13)14/h1-3H,4,9H2,(H,12,13,14). The van der Waals surface area contributed by atoms with E-state index in [0.29, 0.717) is 10.5 Å². The Morgan fingerprint density at radius 1 is 1.50 bits per heavy atom. The predicted octanol–water partition coefficient (Wildman–Crippen LogP) is -0.608. The molecule has 0 bridgehead atoms. The van der Waals surface area contributed by atoms with Crippen LogP contribution in [0.1, 0.15) is 0 Å². The van der Waals surface area contributed by atoms with E-state index in [-0.39, 0.29) is 5.75 Å². The molecule has 0 fully saturated rings. The second-order valence-electron chi connectivity index (χ2n) is 3.11. The Balaban J connectivity index is 2.78. The molecular weight excluding hydrogens is 254 g/mol. The lowest BCUT2D eigenvalue weighted by Crippen LogP contribution is -2.22. The maximum atomic E-state index is 11.1. The number of halogens is 1. The summed E-state index contributed by atoms with van der Waals surface area (Å²) in [6, 6.07) is 4.52. The summed E-state index contributed by atoms with van der Waals surface area (Å²) in [5.74, 6) is -1.92. The van der Waals surface area contributed by atoms with Crippen molar-refractivity contribution in [2.75, 3.05) is 5.75 Å². The molecule has 0 aliphatic rings. The number of benzene rings is 1. The molecule has 8 heteroatoms. The Hall–Kier alpha value is -1.05. The maximum Gasteiger partial charge on any atom is 0.329 e. The van der Waals surface area contributed by atoms with E-state index in [1.807, 2.05) is 0 Å². The van der Waals surface area contributed by atoms with Gasteiger partial charge in [-0.05, 0) is 23.7 Å². The Bertz CT molecular complexity index is 513. The highest BCUT2D eigenvalue weighted by Gasteiger charge is 2.15. The zero-order valence-corrected chi connectivity index (χ0v) is 9.88. The van der Waals surface area contributed by atoms with Gasteiger partial charge in [0.1, 0.15) is 13.6 Å². The van der Waals surface area contributed by atoms with Crippen LogP contribution in [0.4, 0.5) is 0 Å². The first-order valence-corrected chi connectivity index (χ1v) is 6.18. The highest BCUT2D eigenvalue weighted by atomic mass is 35.5. The molecule has 0 radical (unpaired) electrons. The van der Waals surface area contributed by atoms with Crippen LogP contribution in [-0.4, -0.2) is 32.5 Å². The topological polar surface area (TPSA) is 80.7 Å². The lowest BCUT2D eigenvalue weighted by molar-refractivity contribution is -0.131. The van der Waals surface area contributed by atoms with Gasteiger partial charge in [-0.1, -0.05) is 11.6 Å². The molecule has 0 spiro atoms. The summed E-state index contributed by atoms with van der Waals surface area (Å²) in [5.41, 5.74) is 0.594. The number of hydrogen-bond donors (Lipinski definition) is 1. The summed E-state index contributed by atoms with van der Waals surface area (Å²) in [7, 11) is -2.71. The molecule has 0 aromatic heterocycles. The van der Waals surface area contributed by atoms with Crippen molar-refractivity contribution in [3.63, 3.8) is 0 Å². The molecular formula is C8H8BClO5S. The molecule has 0 aliphatic heterocycles. The third kappa shape index (κ3) is 4.22. The monoisotopic (exact) mass is 262 g/mol. The van der Waals surface area contributed by atoms with Gasteiger partial charge in [0, 0.05) is 5.02 Å². The number of esters is 1. The van der Waals surface area contributed by atoms with Crippen LogP contribution in [0.25, 0.3) is 0 Å². The number of rotatable bonds is 3. The van der Waals surface area contributed by atoms with Gasteiger partial charge in [0.2, 0.25) is 0 Å². The zero-order valence-electron chi connectivity index (χ0n) is 8.31. The number of carbonyl (C=O) groups is 1. The van der Waals surface area contributed by atoms with Gasteiger partial charge < -0.3 is 4.74 Å². The Kier molecular flexibility index (Phi) is 3.95. The molecule has 1 aromatic rings. The molecule has 86 valence electrons. The van der Waals surface area contributed by atoms with E-state index < -0.39 is 21.8 Å². The summed E-state index contributed by atoms with van der Waals surface area (Å²) >= 11 is 5.68. The van der Waals surface area contributed by atoms with Crippen LogP contribution in [0.2, 0.25) is 5.02 Å². The van der Waals surface area contributed by atoms with Crippen molar-refractivity contribution in [1.82, 2.24) is 0 Å². The zero-order chi connectivity index (χ0) is 12.3. The van der Waals surface area contributed by atoms with Gasteiger partial charge in [0.25, 0.3) is 10.1 Å². The van der Waals surface area contributed by atoms with Gasteiger partial charge in [-0.25, -0.2) is 0 Å². The second-order valence-corrected chi connectivity index (χ2v) is 5.00. The largest absolute Gasteiger partial charge is 0.426 e. The summed E-state index contributed by atoms with van der Waals surface area (Å²) in [6.45, 7) is 0. The lowest BCUT2D eigenvalue weighted by Gasteiger charge is -2.06. The van der Waals surface area contributed by atoms with Gasteiger partial charge in [-0.3, -0.25) is 9.35 Å². The second kappa shape index (κ2) is 4.86. The van der Waals surface area contributed by atoms with Crippen LogP contribution in [-0.2, 0) is 14.9 Å². The van der Waals surface area contributed by atoms with Crippen LogP contribution in [0.5, 0.6) is 5.75 Å². The molecule has 0 saturated carbocycles. The minimum absolute atomic E-state index is 0.207. The van der Waals surface area contributed by atoms with Gasteiger partial charge in [0.15, 0.2) is 5.75 Å². The highest BCUT2D eigenvalue weighted by molar-refractivity contribution is 7.86. The van der Waals surface area contributed by atoms with E-state index in [1.54, 1.807) is 13.9 Å². The molecule has 1 rings (SSSR count). The van der Waals surface area contributed by atoms with Crippen LogP contribution in [0, 0.1) is 0 Å². The SMILES string of the molecule is Bc1cc(Cl)ccc1OC(=O)CS(=O)(=O)O. The lowest BCUT2D eigenvalue weighted by atomic mass is 9.95. The molecule has 16 heavy (non-hydrogen) atoms. The van der Waals surface area contributed by atoms with Crippen molar-refractivity contribution in [3.8, 4) is 5.75 Å². The normalized spacial score (nSPS) is 11.1. The van der Waals surface area contributed by atoms with E-state index in [0.717, 1.165) is 0 Å². The fourth-order valence-corrected chi connectivity index (χ4v) is 1.61. The molecule has 1 N–H and O–H groups in total. The first-order valence-electron chi connectivity index (χ1n) is 4.20. The molecule has 0 saturated heterocycles. The van der Waals surface area contributed by atoms with Gasteiger partial charge >= 0.3 is 5.97 Å². The average molecular weight is 262 g/mol. The van der Waals surface area contributed by atoms with Crippen molar-refractivity contribution in [1.29, 1.82) is 0 Å². The van der Waals surface area contributed by atoms with Crippen molar-refractivity contribution < 1.29 is 22.5 Å². The van der Waals surface area contributed by atoms with Gasteiger partial charge in [-0.15, -0.1) is 0 Å². The van der Waals surface area contributed by atoms with Crippen LogP contribution in [0.15, 0.2) is 18.2 Å². The third-order valence-electron chi connectivity index (χ3n) is 1.66. The van der Waals surface area contributed by atoms with E-state index >= 15 is 0 Å². The first-order chi connectivity index (χ1) is 7.28. The fourth-order valence-electron chi connectivity index (χ4n) is 1.03. The molecule has 0 heterocycles. The Morgan fingerprint density at radius 3 is 2.62 bits per heavy atom. The highest BCUT2D eigenvalue weighted by Crippen LogP contribution is 2.12. The molecule has 5 nitrogen and oxygen atoms in total. The summed E-state index contributed by atoms with van der Waals surface area (Å²) in [6.07, 6.45) is 0. The van der Waals surface area contributed by atoms with Gasteiger partial charge in [-0.2, -0.15) is 8.42 Å². The number of carbonyl (C=O) groups excluding carboxylic acids is 1. The summed E-state index contributed by atoms with van der Waals surface area (Å²) in [5, 5.41) is 0.479. The number of ether oxygens (including phenoxy) is 1. The van der Waals surface area contributed by atoms with Crippen molar-refractivity contribution in [2.24, 2.45) is 0 Å². The third-order valence-corrected chi connectivity index (χ3v) is 2.50. The minimum Gasteiger partial charge on any atom is -0.426 e. The molecule has 0 atom stereocenters. The van der Waals surface area contributed by atoms with E-state index in [9.17, 15) is 13.2 Å². The fraction of sp³-hybridized carbons (Fsp3) is 0.125. The molecule has 0 amide bonds. The van der Waals surface area contributed by atoms with Crippen LogP contribution >= 0.6 is 11.6 Å². The van der Waals surface area contributed by atoms with Gasteiger partial charge in [0.05, 0.1) is 0 Å². The van der Waals surface area contributed by atoms with E-state index in [2.05, 4.69) is 0 Å². The first kappa shape index (κ1) is 13.0. The maximum absolute atomic E-state index is 11.1.